The summed E-state index contributed by atoms with van der Waals surface area (Å²) in [6, 6.07) is 4.50. The van der Waals surface area contributed by atoms with Crippen molar-refractivity contribution in [3.63, 3.8) is 0 Å². The third kappa shape index (κ3) is 5.37. The van der Waals surface area contributed by atoms with Crippen LogP contribution in [0.5, 0.6) is 0 Å². The largest absolute Gasteiger partial charge is 0.379 e. The van der Waals surface area contributed by atoms with Crippen molar-refractivity contribution in [3.8, 4) is 0 Å². The summed E-state index contributed by atoms with van der Waals surface area (Å²) in [6.07, 6.45) is 4.08. The highest BCUT2D eigenvalue weighted by atomic mass is 16.5. The molecular formula is C14H26N2O. The third-order valence-corrected chi connectivity index (χ3v) is 2.85. The Kier molecular flexibility index (Phi) is 6.30. The molecular weight excluding hydrogens is 212 g/mol. The molecule has 0 aliphatic carbocycles. The highest BCUT2D eigenvalue weighted by Crippen LogP contribution is 2.07. The van der Waals surface area contributed by atoms with Crippen molar-refractivity contribution in [2.24, 2.45) is 11.7 Å². The lowest BCUT2D eigenvalue weighted by Gasteiger charge is -2.13. The quantitative estimate of drug-likeness (QED) is 0.707. The van der Waals surface area contributed by atoms with E-state index in [4.69, 9.17) is 10.5 Å². The molecule has 0 saturated carbocycles. The SMILES string of the molecule is CCC(N)Cc1cccn1CCOCC(C)C. The number of ether oxygens (including phenoxy) is 1. The van der Waals surface area contributed by atoms with E-state index < -0.39 is 0 Å². The van der Waals surface area contributed by atoms with Crippen molar-refractivity contribution in [1.29, 1.82) is 0 Å². The summed E-state index contributed by atoms with van der Waals surface area (Å²) in [5, 5.41) is 0. The lowest BCUT2D eigenvalue weighted by Crippen LogP contribution is -2.23. The molecule has 3 heteroatoms. The summed E-state index contributed by atoms with van der Waals surface area (Å²) in [5.41, 5.74) is 7.30. The predicted molar refractivity (Wildman–Crippen MR) is 72.1 cm³/mol. The van der Waals surface area contributed by atoms with Crippen LogP contribution in [0.3, 0.4) is 0 Å². The second-order valence-electron chi connectivity index (χ2n) is 5.03. The molecule has 0 aliphatic heterocycles. The molecule has 0 amide bonds. The zero-order chi connectivity index (χ0) is 12.7. The van der Waals surface area contributed by atoms with Crippen molar-refractivity contribution in [2.75, 3.05) is 13.2 Å². The number of aromatic nitrogens is 1. The van der Waals surface area contributed by atoms with Gasteiger partial charge in [-0.15, -0.1) is 0 Å². The van der Waals surface area contributed by atoms with Gasteiger partial charge in [0.15, 0.2) is 0 Å². The molecule has 0 saturated heterocycles. The summed E-state index contributed by atoms with van der Waals surface area (Å²) < 4.78 is 7.85. The molecule has 17 heavy (non-hydrogen) atoms. The van der Waals surface area contributed by atoms with Crippen LogP contribution in [0.4, 0.5) is 0 Å². The van der Waals surface area contributed by atoms with Crippen LogP contribution in [-0.2, 0) is 17.7 Å². The Balaban J connectivity index is 2.35. The lowest BCUT2D eigenvalue weighted by molar-refractivity contribution is 0.103. The first-order valence-electron chi connectivity index (χ1n) is 6.60. The average Bonchev–Trinajstić information content (AvgIpc) is 2.71. The Hall–Kier alpha value is -0.800. The summed E-state index contributed by atoms with van der Waals surface area (Å²) in [7, 11) is 0. The van der Waals surface area contributed by atoms with Gasteiger partial charge in [-0.1, -0.05) is 20.8 Å². The minimum absolute atomic E-state index is 0.264. The predicted octanol–water partition coefficient (Wildman–Crippen LogP) is 2.44. The molecule has 3 nitrogen and oxygen atoms in total. The molecule has 1 aromatic heterocycles. The Labute approximate surface area is 105 Å². The van der Waals surface area contributed by atoms with E-state index in [9.17, 15) is 0 Å². The van der Waals surface area contributed by atoms with Crippen molar-refractivity contribution in [3.05, 3.63) is 24.0 Å². The smallest absolute Gasteiger partial charge is 0.0645 e. The van der Waals surface area contributed by atoms with E-state index in [2.05, 4.69) is 43.7 Å². The summed E-state index contributed by atoms with van der Waals surface area (Å²) >= 11 is 0. The first-order valence-corrected chi connectivity index (χ1v) is 6.60. The fourth-order valence-corrected chi connectivity index (χ4v) is 1.75. The van der Waals surface area contributed by atoms with E-state index in [1.807, 2.05) is 0 Å². The van der Waals surface area contributed by atoms with Gasteiger partial charge in [0, 0.05) is 37.5 Å². The van der Waals surface area contributed by atoms with Gasteiger partial charge in [-0.3, -0.25) is 0 Å². The van der Waals surface area contributed by atoms with E-state index in [0.717, 1.165) is 32.6 Å². The van der Waals surface area contributed by atoms with Crippen LogP contribution in [0.1, 0.15) is 32.9 Å². The summed E-state index contributed by atoms with van der Waals surface area (Å²) in [4.78, 5) is 0. The fraction of sp³-hybridized carbons (Fsp3) is 0.714. The molecule has 1 heterocycles. The van der Waals surface area contributed by atoms with Crippen molar-refractivity contribution in [1.82, 2.24) is 4.57 Å². The molecule has 1 rings (SSSR count). The highest BCUT2D eigenvalue weighted by molar-refractivity contribution is 5.08. The molecule has 0 aromatic carbocycles. The molecule has 1 unspecified atom stereocenters. The van der Waals surface area contributed by atoms with Gasteiger partial charge in [-0.2, -0.15) is 0 Å². The monoisotopic (exact) mass is 238 g/mol. The van der Waals surface area contributed by atoms with E-state index in [1.165, 1.54) is 5.69 Å². The maximum absolute atomic E-state index is 5.98. The van der Waals surface area contributed by atoms with Crippen LogP contribution in [-0.4, -0.2) is 23.8 Å². The topological polar surface area (TPSA) is 40.2 Å². The molecule has 0 fully saturated rings. The Morgan fingerprint density at radius 2 is 2.18 bits per heavy atom. The van der Waals surface area contributed by atoms with E-state index in [-0.39, 0.29) is 6.04 Å². The van der Waals surface area contributed by atoms with Gasteiger partial charge < -0.3 is 15.0 Å². The highest BCUT2D eigenvalue weighted by Gasteiger charge is 2.05. The normalized spacial score (nSPS) is 13.2. The third-order valence-electron chi connectivity index (χ3n) is 2.85. The van der Waals surface area contributed by atoms with Gasteiger partial charge in [0.2, 0.25) is 0 Å². The van der Waals surface area contributed by atoms with Gasteiger partial charge in [0.25, 0.3) is 0 Å². The molecule has 0 aliphatic rings. The van der Waals surface area contributed by atoms with Crippen LogP contribution in [0.2, 0.25) is 0 Å². The Morgan fingerprint density at radius 3 is 2.82 bits per heavy atom. The number of hydrogen-bond donors (Lipinski definition) is 1. The number of hydrogen-bond acceptors (Lipinski definition) is 2. The van der Waals surface area contributed by atoms with E-state index >= 15 is 0 Å². The van der Waals surface area contributed by atoms with Crippen molar-refractivity contribution >= 4 is 0 Å². The maximum Gasteiger partial charge on any atom is 0.0645 e. The molecule has 1 aromatic rings. The van der Waals surface area contributed by atoms with Gasteiger partial charge in [-0.05, 0) is 24.5 Å². The maximum atomic E-state index is 5.98. The minimum atomic E-state index is 0.264. The molecule has 98 valence electrons. The van der Waals surface area contributed by atoms with E-state index in [1.54, 1.807) is 0 Å². The van der Waals surface area contributed by atoms with Crippen molar-refractivity contribution < 1.29 is 4.74 Å². The number of rotatable bonds is 8. The standard InChI is InChI=1S/C14H26N2O/c1-4-13(15)10-14-6-5-7-16(14)8-9-17-11-12(2)3/h5-7,12-13H,4,8-11,15H2,1-3H3. The zero-order valence-corrected chi connectivity index (χ0v) is 11.4. The first kappa shape index (κ1) is 14.3. The van der Waals surface area contributed by atoms with Crippen molar-refractivity contribution in [2.45, 2.75) is 46.2 Å². The van der Waals surface area contributed by atoms with Crippen LogP contribution < -0.4 is 5.73 Å². The van der Waals surface area contributed by atoms with Crippen LogP contribution in [0.25, 0.3) is 0 Å². The van der Waals surface area contributed by atoms with Crippen LogP contribution in [0.15, 0.2) is 18.3 Å². The van der Waals surface area contributed by atoms with Gasteiger partial charge in [0.1, 0.15) is 0 Å². The molecule has 0 radical (unpaired) electrons. The average molecular weight is 238 g/mol. The molecule has 0 bridgehead atoms. The molecule has 2 N–H and O–H groups in total. The number of nitrogens with two attached hydrogens (primary N) is 1. The lowest BCUT2D eigenvalue weighted by atomic mass is 10.1. The fourth-order valence-electron chi connectivity index (χ4n) is 1.75. The molecule has 0 spiro atoms. The minimum Gasteiger partial charge on any atom is -0.379 e. The molecule has 1 atom stereocenters. The van der Waals surface area contributed by atoms with Crippen LogP contribution in [0, 0.1) is 5.92 Å². The van der Waals surface area contributed by atoms with Gasteiger partial charge in [-0.25, -0.2) is 0 Å². The Bertz CT molecular complexity index is 307. The Morgan fingerprint density at radius 1 is 1.41 bits per heavy atom. The summed E-state index contributed by atoms with van der Waals surface area (Å²) in [6.45, 7) is 9.00. The second kappa shape index (κ2) is 7.51. The zero-order valence-electron chi connectivity index (χ0n) is 11.4. The van der Waals surface area contributed by atoms with Gasteiger partial charge in [0.05, 0.1) is 6.61 Å². The second-order valence-corrected chi connectivity index (χ2v) is 5.03. The first-order chi connectivity index (χ1) is 8.13. The van der Waals surface area contributed by atoms with Crippen LogP contribution >= 0.6 is 0 Å². The van der Waals surface area contributed by atoms with Gasteiger partial charge >= 0.3 is 0 Å². The number of nitrogens with zero attached hydrogens (tertiary/aromatic N) is 1. The van der Waals surface area contributed by atoms with E-state index in [0.29, 0.717) is 5.92 Å². The summed E-state index contributed by atoms with van der Waals surface area (Å²) in [5.74, 6) is 0.604.